The third-order valence-electron chi connectivity index (χ3n) is 6.45. The van der Waals surface area contributed by atoms with Crippen LogP contribution in [0.4, 0.5) is 10.5 Å². The highest BCUT2D eigenvalue weighted by molar-refractivity contribution is 6.30. The van der Waals surface area contributed by atoms with Crippen molar-refractivity contribution < 1.29 is 24.2 Å². The quantitative estimate of drug-likeness (QED) is 0.716. The number of hydrogen-bond donors (Lipinski definition) is 2. The lowest BCUT2D eigenvalue weighted by molar-refractivity contribution is -0.154. The molecule has 3 fully saturated rings. The number of anilines is 1. The lowest BCUT2D eigenvalue weighted by atomic mass is 9.94. The first-order valence-corrected chi connectivity index (χ1v) is 11.9. The van der Waals surface area contributed by atoms with Gasteiger partial charge in [-0.3, -0.25) is 4.79 Å². The molecule has 176 valence electrons. The fourth-order valence-electron chi connectivity index (χ4n) is 4.77. The number of likely N-dealkylation sites (tertiary alicyclic amines) is 1. The molecule has 3 aliphatic rings. The molecule has 0 saturated carbocycles. The van der Waals surface area contributed by atoms with Crippen molar-refractivity contribution in [1.82, 2.24) is 9.80 Å². The smallest absolute Gasteiger partial charge is 0.322 e. The summed E-state index contributed by atoms with van der Waals surface area (Å²) in [5.41, 5.74) is 0.630. The number of piperidine rings is 1. The van der Waals surface area contributed by atoms with Crippen molar-refractivity contribution in [1.29, 1.82) is 0 Å². The molecule has 0 aliphatic carbocycles. The molecule has 9 heteroatoms. The maximum Gasteiger partial charge on any atom is 0.322 e. The molecule has 3 saturated heterocycles. The second-order valence-corrected chi connectivity index (χ2v) is 9.30. The minimum absolute atomic E-state index is 0.134. The number of nitrogens with zero attached hydrogens (tertiary/aromatic N) is 2. The minimum atomic E-state index is -0.773. The van der Waals surface area contributed by atoms with Gasteiger partial charge in [0, 0.05) is 23.8 Å². The van der Waals surface area contributed by atoms with Gasteiger partial charge >= 0.3 is 6.03 Å². The Balaban J connectivity index is 1.40. The third-order valence-corrected chi connectivity index (χ3v) is 6.70. The molecule has 4 atom stereocenters. The fraction of sp³-hybridized carbons (Fsp3) is 0.652. The maximum absolute atomic E-state index is 13.1. The van der Waals surface area contributed by atoms with Crippen LogP contribution in [0.25, 0.3) is 0 Å². The first-order chi connectivity index (χ1) is 15.5. The largest absolute Gasteiger partial charge is 0.389 e. The number of aliphatic hydroxyl groups excluding tert-OH is 1. The average Bonchev–Trinajstić information content (AvgIpc) is 2.79. The van der Waals surface area contributed by atoms with Crippen molar-refractivity contribution in [2.45, 2.75) is 62.9 Å². The summed E-state index contributed by atoms with van der Waals surface area (Å²) in [6.45, 7) is 2.23. The van der Waals surface area contributed by atoms with Crippen molar-refractivity contribution in [3.05, 3.63) is 29.3 Å². The van der Waals surface area contributed by atoms with Crippen LogP contribution >= 0.6 is 11.6 Å². The highest BCUT2D eigenvalue weighted by atomic mass is 35.5. The number of carbonyl (C=O) groups is 2. The van der Waals surface area contributed by atoms with Crippen LogP contribution in [0.15, 0.2) is 24.3 Å². The van der Waals surface area contributed by atoms with Crippen LogP contribution < -0.4 is 5.32 Å². The number of fused-ring (bicyclic) bond motifs is 1. The summed E-state index contributed by atoms with van der Waals surface area (Å²) in [5.74, 6) is 0.146. The van der Waals surface area contributed by atoms with Gasteiger partial charge in [-0.05, 0) is 56.4 Å². The molecule has 3 heterocycles. The summed E-state index contributed by atoms with van der Waals surface area (Å²) >= 11 is 5.93. The van der Waals surface area contributed by atoms with Gasteiger partial charge in [-0.1, -0.05) is 11.6 Å². The third kappa shape index (κ3) is 5.92. The van der Waals surface area contributed by atoms with Crippen molar-refractivity contribution >= 4 is 29.2 Å². The molecule has 8 nitrogen and oxygen atoms in total. The predicted octanol–water partition coefficient (Wildman–Crippen LogP) is 2.88. The molecule has 4 rings (SSSR count). The van der Waals surface area contributed by atoms with E-state index >= 15 is 0 Å². The van der Waals surface area contributed by atoms with E-state index in [0.29, 0.717) is 30.0 Å². The summed E-state index contributed by atoms with van der Waals surface area (Å²) in [6.07, 6.45) is 3.75. The van der Waals surface area contributed by atoms with Crippen molar-refractivity contribution in [3.63, 3.8) is 0 Å². The van der Waals surface area contributed by atoms with Gasteiger partial charge in [-0.25, -0.2) is 4.79 Å². The lowest BCUT2D eigenvalue weighted by Crippen LogP contribution is -2.58. The van der Waals surface area contributed by atoms with Crippen LogP contribution in [0.2, 0.25) is 5.02 Å². The van der Waals surface area contributed by atoms with E-state index in [1.807, 2.05) is 4.90 Å². The Kier molecular flexibility index (Phi) is 7.88. The van der Waals surface area contributed by atoms with Gasteiger partial charge in [0.15, 0.2) is 0 Å². The molecule has 0 radical (unpaired) electrons. The number of carbonyl (C=O) groups excluding carboxylic acids is 2. The van der Waals surface area contributed by atoms with Crippen molar-refractivity contribution in [2.75, 3.05) is 38.2 Å². The predicted molar refractivity (Wildman–Crippen MR) is 121 cm³/mol. The molecule has 1 aromatic carbocycles. The molecular weight excluding hydrogens is 434 g/mol. The van der Waals surface area contributed by atoms with Crippen LogP contribution in [0.5, 0.6) is 0 Å². The number of hydrogen-bond acceptors (Lipinski definition) is 5. The summed E-state index contributed by atoms with van der Waals surface area (Å²) in [4.78, 5) is 29.4. The minimum Gasteiger partial charge on any atom is -0.389 e. The van der Waals surface area contributed by atoms with E-state index in [2.05, 4.69) is 5.32 Å². The van der Waals surface area contributed by atoms with E-state index in [1.165, 1.54) is 6.42 Å². The number of ether oxygens (including phenoxy) is 2. The number of aliphatic hydroxyl groups is 1. The van der Waals surface area contributed by atoms with Gasteiger partial charge in [-0.2, -0.15) is 0 Å². The van der Waals surface area contributed by atoms with Crippen LogP contribution in [-0.4, -0.2) is 84.0 Å². The zero-order valence-corrected chi connectivity index (χ0v) is 19.0. The molecule has 32 heavy (non-hydrogen) atoms. The van der Waals surface area contributed by atoms with Gasteiger partial charge in [0.1, 0.15) is 6.10 Å². The van der Waals surface area contributed by atoms with Crippen LogP contribution in [0.3, 0.4) is 0 Å². The number of urea groups is 1. The van der Waals surface area contributed by atoms with E-state index in [-0.39, 0.29) is 49.9 Å². The summed E-state index contributed by atoms with van der Waals surface area (Å²) < 4.78 is 11.9. The second kappa shape index (κ2) is 10.8. The first-order valence-electron chi connectivity index (χ1n) is 11.5. The molecule has 0 spiro atoms. The van der Waals surface area contributed by atoms with Crippen LogP contribution in [-0.2, 0) is 14.3 Å². The second-order valence-electron chi connectivity index (χ2n) is 8.87. The van der Waals surface area contributed by atoms with Gasteiger partial charge in [0.2, 0.25) is 5.91 Å². The molecular formula is C23H32ClN3O5. The molecule has 0 bridgehead atoms. The van der Waals surface area contributed by atoms with E-state index in [4.69, 9.17) is 21.1 Å². The molecule has 3 aliphatic heterocycles. The summed E-state index contributed by atoms with van der Waals surface area (Å²) in [6, 6.07) is 6.36. The van der Waals surface area contributed by atoms with Gasteiger partial charge in [-0.15, -0.1) is 0 Å². The Morgan fingerprint density at radius 3 is 2.59 bits per heavy atom. The van der Waals surface area contributed by atoms with E-state index in [0.717, 1.165) is 25.9 Å². The number of rotatable bonds is 3. The summed E-state index contributed by atoms with van der Waals surface area (Å²) in [5, 5.41) is 13.8. The van der Waals surface area contributed by atoms with Gasteiger partial charge in [0.05, 0.1) is 44.4 Å². The number of amides is 3. The first kappa shape index (κ1) is 23.3. The number of β-amino-alcohol motifs (C(OH)–C–C–N with tert-alkyl or cyclic N) is 1. The average molecular weight is 466 g/mol. The summed E-state index contributed by atoms with van der Waals surface area (Å²) in [7, 11) is 0. The zero-order chi connectivity index (χ0) is 22.5. The molecule has 3 amide bonds. The zero-order valence-electron chi connectivity index (χ0n) is 18.2. The van der Waals surface area contributed by atoms with Crippen LogP contribution in [0.1, 0.15) is 38.5 Å². The van der Waals surface area contributed by atoms with E-state index in [9.17, 15) is 14.7 Å². The van der Waals surface area contributed by atoms with Crippen molar-refractivity contribution in [2.24, 2.45) is 0 Å². The van der Waals surface area contributed by atoms with Gasteiger partial charge in [0.25, 0.3) is 0 Å². The number of halogens is 1. The van der Waals surface area contributed by atoms with Crippen LogP contribution in [0, 0.1) is 0 Å². The lowest BCUT2D eigenvalue weighted by Gasteiger charge is -2.44. The SMILES string of the molecule is O=C(C[C@H]1CC[C@@H]2[C@H](COC[C@@H](O)CN2C(=O)Nc2ccc(Cl)cc2)O1)N1CCCCC1. The van der Waals surface area contributed by atoms with Gasteiger partial charge < -0.3 is 29.7 Å². The Morgan fingerprint density at radius 1 is 1.09 bits per heavy atom. The highest BCUT2D eigenvalue weighted by Crippen LogP contribution is 2.29. The molecule has 1 aromatic rings. The van der Waals surface area contributed by atoms with Crippen molar-refractivity contribution in [3.8, 4) is 0 Å². The van der Waals surface area contributed by atoms with E-state index in [1.54, 1.807) is 29.2 Å². The molecule has 2 N–H and O–H groups in total. The fourth-order valence-corrected chi connectivity index (χ4v) is 4.90. The Bertz CT molecular complexity index is 786. The maximum atomic E-state index is 13.1. The monoisotopic (exact) mass is 465 g/mol. The standard InChI is InChI=1S/C23H32ClN3O5/c24-16-4-6-17(7-5-16)25-23(30)27-13-18(28)14-31-15-21-20(27)9-8-19(32-21)12-22(29)26-10-2-1-3-11-26/h4-7,18-21,28H,1-3,8-15H2,(H,25,30)/t18-,19+,20+,21-/m0/s1. The van der Waals surface area contributed by atoms with E-state index < -0.39 is 6.10 Å². The Labute approximate surface area is 193 Å². The molecule has 0 unspecified atom stereocenters. The highest BCUT2D eigenvalue weighted by Gasteiger charge is 2.40. The number of nitrogens with one attached hydrogen (secondary N) is 1. The Morgan fingerprint density at radius 2 is 1.84 bits per heavy atom. The Hall–Kier alpha value is -1.87. The normalized spacial score (nSPS) is 28.9. The number of benzene rings is 1. The molecule has 0 aromatic heterocycles. The topological polar surface area (TPSA) is 91.3 Å².